The maximum absolute atomic E-state index is 12.9. The van der Waals surface area contributed by atoms with E-state index in [-0.39, 0.29) is 31.1 Å². The SMILES string of the molecule is CC/C=C\C/C=C\C/C=C\C/C=C\C/C=C\C/C=C\C/C=C\CCCCCCCCCC(=O)OCC(COC(=O)CCCCCCCCCCCCCCCCCC)OC(=O)CCCCCC/C=C\C/C=C\C/C=C\C/C=C\CC. The standard InChI is InChI=1S/C74H122O6/c1-4-7-10-13-16-19-22-25-28-31-32-33-34-35-36-37-38-39-40-41-42-44-46-49-52-55-58-61-64-67-73(76)79-70-71(69-78-72(75)66-63-60-57-54-51-48-45-30-27-24-21-18-15-12-9-6-3)80-74(77)68-65-62-59-56-53-50-47-43-29-26-23-20-17-14-11-8-5-2/h7-8,10-11,16-17,19-20,25-26,28-29,32-33,35-36,38-39,41-42,47,50,71H,4-6,9,12-15,18,21-24,27,30-31,34,37,40,43-46,48-49,51-70H2,1-3H3/b10-7-,11-8-,19-16-,20-17-,28-25-,29-26-,33-32-,36-35-,39-38-,42-41-,50-47-. The second-order valence-corrected chi connectivity index (χ2v) is 21.6. The molecule has 0 amide bonds. The van der Waals surface area contributed by atoms with E-state index in [1.54, 1.807) is 0 Å². The van der Waals surface area contributed by atoms with Crippen LogP contribution in [0.3, 0.4) is 0 Å². The molecule has 0 fully saturated rings. The van der Waals surface area contributed by atoms with Gasteiger partial charge < -0.3 is 14.2 Å². The topological polar surface area (TPSA) is 78.9 Å². The van der Waals surface area contributed by atoms with E-state index in [0.717, 1.165) is 148 Å². The third-order valence-electron chi connectivity index (χ3n) is 13.9. The number of hydrogen-bond donors (Lipinski definition) is 0. The lowest BCUT2D eigenvalue weighted by atomic mass is 10.0. The molecular formula is C74H122O6. The third kappa shape index (κ3) is 64.4. The number of unbranched alkanes of at least 4 members (excludes halogenated alkanes) is 26. The molecule has 0 aromatic carbocycles. The molecular weight excluding hydrogens is 985 g/mol. The van der Waals surface area contributed by atoms with Crippen LogP contribution in [0.25, 0.3) is 0 Å². The largest absolute Gasteiger partial charge is 0.462 e. The lowest BCUT2D eigenvalue weighted by molar-refractivity contribution is -0.167. The molecule has 0 heterocycles. The minimum Gasteiger partial charge on any atom is -0.462 e. The summed E-state index contributed by atoms with van der Waals surface area (Å²) in [6.45, 7) is 6.40. The Morgan fingerprint density at radius 3 is 0.762 bits per heavy atom. The van der Waals surface area contributed by atoms with Gasteiger partial charge in [-0.1, -0.05) is 296 Å². The summed E-state index contributed by atoms with van der Waals surface area (Å²) in [4.78, 5) is 38.4. The molecule has 0 aliphatic carbocycles. The maximum Gasteiger partial charge on any atom is 0.306 e. The number of esters is 3. The molecule has 0 bridgehead atoms. The zero-order valence-corrected chi connectivity index (χ0v) is 52.0. The van der Waals surface area contributed by atoms with Crippen molar-refractivity contribution in [1.82, 2.24) is 0 Å². The minimum atomic E-state index is -0.800. The Labute approximate surface area is 494 Å². The smallest absolute Gasteiger partial charge is 0.306 e. The summed E-state index contributed by atoms with van der Waals surface area (Å²) in [6.07, 6.45) is 94.6. The summed E-state index contributed by atoms with van der Waals surface area (Å²) >= 11 is 0. The van der Waals surface area contributed by atoms with Crippen LogP contribution in [0.5, 0.6) is 0 Å². The molecule has 0 N–H and O–H groups in total. The first-order valence-corrected chi connectivity index (χ1v) is 33.2. The number of rotatable bonds is 59. The monoisotopic (exact) mass is 1110 g/mol. The highest BCUT2D eigenvalue weighted by atomic mass is 16.6. The van der Waals surface area contributed by atoms with Crippen molar-refractivity contribution < 1.29 is 28.6 Å². The van der Waals surface area contributed by atoms with E-state index in [9.17, 15) is 14.4 Å². The van der Waals surface area contributed by atoms with Crippen molar-refractivity contribution in [2.75, 3.05) is 13.2 Å². The van der Waals surface area contributed by atoms with Gasteiger partial charge in [0.25, 0.3) is 0 Å². The van der Waals surface area contributed by atoms with Crippen LogP contribution in [0.1, 0.15) is 297 Å². The normalized spacial score (nSPS) is 13.0. The van der Waals surface area contributed by atoms with Gasteiger partial charge in [-0.25, -0.2) is 0 Å². The van der Waals surface area contributed by atoms with Gasteiger partial charge in [0.05, 0.1) is 0 Å². The zero-order chi connectivity index (χ0) is 57.8. The number of hydrogen-bond acceptors (Lipinski definition) is 6. The first-order valence-electron chi connectivity index (χ1n) is 33.2. The van der Waals surface area contributed by atoms with E-state index in [1.165, 1.54) is 109 Å². The van der Waals surface area contributed by atoms with E-state index in [4.69, 9.17) is 14.2 Å². The lowest BCUT2D eigenvalue weighted by Gasteiger charge is -2.18. The number of ether oxygens (including phenoxy) is 3. The molecule has 1 unspecified atom stereocenters. The van der Waals surface area contributed by atoms with Gasteiger partial charge in [-0.3, -0.25) is 14.4 Å². The second kappa shape index (κ2) is 67.1. The molecule has 454 valence electrons. The molecule has 80 heavy (non-hydrogen) atoms. The summed E-state index contributed by atoms with van der Waals surface area (Å²) in [5, 5.41) is 0. The maximum atomic E-state index is 12.9. The Kier molecular flexibility index (Phi) is 63.3. The Hall–Kier alpha value is -4.45. The molecule has 6 nitrogen and oxygen atoms in total. The van der Waals surface area contributed by atoms with Crippen molar-refractivity contribution in [3.63, 3.8) is 0 Å². The molecule has 0 saturated heterocycles. The molecule has 0 saturated carbocycles. The van der Waals surface area contributed by atoms with Crippen LogP contribution >= 0.6 is 0 Å². The summed E-state index contributed by atoms with van der Waals surface area (Å²) in [7, 11) is 0. The highest BCUT2D eigenvalue weighted by Crippen LogP contribution is 2.16. The van der Waals surface area contributed by atoms with Gasteiger partial charge >= 0.3 is 17.9 Å². The Balaban J connectivity index is 4.39. The van der Waals surface area contributed by atoms with E-state index in [0.29, 0.717) is 19.3 Å². The van der Waals surface area contributed by atoms with Crippen LogP contribution in [0.4, 0.5) is 0 Å². The van der Waals surface area contributed by atoms with E-state index in [1.807, 2.05) is 0 Å². The summed E-state index contributed by atoms with van der Waals surface area (Å²) < 4.78 is 16.9. The highest BCUT2D eigenvalue weighted by molar-refractivity contribution is 5.71. The van der Waals surface area contributed by atoms with Crippen molar-refractivity contribution in [3.05, 3.63) is 134 Å². The average molecular weight is 1110 g/mol. The fourth-order valence-corrected chi connectivity index (χ4v) is 9.00. The molecule has 0 radical (unpaired) electrons. The Morgan fingerprint density at radius 1 is 0.263 bits per heavy atom. The molecule has 6 heteroatoms. The van der Waals surface area contributed by atoms with Gasteiger partial charge in [-0.2, -0.15) is 0 Å². The summed E-state index contributed by atoms with van der Waals surface area (Å²) in [5.41, 5.74) is 0. The van der Waals surface area contributed by atoms with Crippen molar-refractivity contribution in [1.29, 1.82) is 0 Å². The molecule has 0 spiro atoms. The van der Waals surface area contributed by atoms with Gasteiger partial charge in [0.2, 0.25) is 0 Å². The zero-order valence-electron chi connectivity index (χ0n) is 52.0. The van der Waals surface area contributed by atoms with Crippen LogP contribution in [0.2, 0.25) is 0 Å². The fraction of sp³-hybridized carbons (Fsp3) is 0.662. The highest BCUT2D eigenvalue weighted by Gasteiger charge is 2.19. The second-order valence-electron chi connectivity index (χ2n) is 21.6. The number of carbonyl (C=O) groups excluding carboxylic acids is 3. The lowest BCUT2D eigenvalue weighted by Crippen LogP contribution is -2.30. The van der Waals surface area contributed by atoms with Crippen LogP contribution in [0, 0.1) is 0 Å². The Bertz CT molecular complexity index is 1700. The van der Waals surface area contributed by atoms with Crippen molar-refractivity contribution in [2.45, 2.75) is 303 Å². The van der Waals surface area contributed by atoms with Gasteiger partial charge in [-0.15, -0.1) is 0 Å². The number of carbonyl (C=O) groups is 3. The van der Waals surface area contributed by atoms with Gasteiger partial charge in [-0.05, 0) is 116 Å². The predicted molar refractivity (Wildman–Crippen MR) is 348 cm³/mol. The quantitative estimate of drug-likeness (QED) is 0.0261. The predicted octanol–water partition coefficient (Wildman–Crippen LogP) is 22.9. The van der Waals surface area contributed by atoms with Crippen molar-refractivity contribution in [2.24, 2.45) is 0 Å². The van der Waals surface area contributed by atoms with Crippen LogP contribution in [-0.4, -0.2) is 37.2 Å². The van der Waals surface area contributed by atoms with Gasteiger partial charge in [0.15, 0.2) is 6.10 Å². The first kappa shape index (κ1) is 75.5. The van der Waals surface area contributed by atoms with Crippen LogP contribution in [-0.2, 0) is 28.6 Å². The molecule has 0 aromatic heterocycles. The van der Waals surface area contributed by atoms with Crippen LogP contribution < -0.4 is 0 Å². The van der Waals surface area contributed by atoms with Crippen LogP contribution in [0.15, 0.2) is 134 Å². The van der Waals surface area contributed by atoms with Gasteiger partial charge in [0, 0.05) is 19.3 Å². The molecule has 0 aliphatic heterocycles. The van der Waals surface area contributed by atoms with Crippen molar-refractivity contribution in [3.8, 4) is 0 Å². The Morgan fingerprint density at radius 2 is 0.487 bits per heavy atom. The van der Waals surface area contributed by atoms with E-state index < -0.39 is 6.10 Å². The third-order valence-corrected chi connectivity index (χ3v) is 13.9. The molecule has 1 atom stereocenters. The first-order chi connectivity index (χ1) is 39.5. The fourth-order valence-electron chi connectivity index (χ4n) is 9.00. The molecule has 0 aromatic rings. The van der Waals surface area contributed by atoms with E-state index >= 15 is 0 Å². The van der Waals surface area contributed by atoms with Gasteiger partial charge in [0.1, 0.15) is 13.2 Å². The molecule has 0 aliphatic rings. The average Bonchev–Trinajstić information content (AvgIpc) is 3.46. The summed E-state index contributed by atoms with van der Waals surface area (Å²) in [5.74, 6) is -0.922. The summed E-state index contributed by atoms with van der Waals surface area (Å²) in [6, 6.07) is 0. The number of allylic oxidation sites excluding steroid dienone is 22. The van der Waals surface area contributed by atoms with Crippen molar-refractivity contribution >= 4 is 17.9 Å². The minimum absolute atomic E-state index is 0.0924. The van der Waals surface area contributed by atoms with E-state index in [2.05, 4.69) is 154 Å². The molecule has 0 rings (SSSR count).